The van der Waals surface area contributed by atoms with Gasteiger partial charge < -0.3 is 19.7 Å². The summed E-state index contributed by atoms with van der Waals surface area (Å²) in [4.78, 5) is 30.4. The van der Waals surface area contributed by atoms with E-state index in [0.29, 0.717) is 28.4 Å². The molecule has 1 saturated carbocycles. The first-order valence-electron chi connectivity index (χ1n) is 14.0. The number of para-hydroxylation sites is 1. The van der Waals surface area contributed by atoms with Crippen molar-refractivity contribution in [2.45, 2.75) is 50.7 Å². The van der Waals surface area contributed by atoms with Gasteiger partial charge in [-0.1, -0.05) is 54.8 Å². The molecule has 2 amide bonds. The van der Waals surface area contributed by atoms with Crippen molar-refractivity contribution in [1.29, 1.82) is 0 Å². The zero-order chi connectivity index (χ0) is 28.3. The first kappa shape index (κ1) is 26.6. The van der Waals surface area contributed by atoms with Crippen LogP contribution in [0, 0.1) is 0 Å². The highest BCUT2D eigenvalue weighted by atomic mass is 16.5. The summed E-state index contributed by atoms with van der Waals surface area (Å²) in [6.45, 7) is 0.215. The molecule has 4 aromatic rings. The van der Waals surface area contributed by atoms with Crippen molar-refractivity contribution in [3.8, 4) is 28.4 Å². The summed E-state index contributed by atoms with van der Waals surface area (Å²) < 4.78 is 12.2. The van der Waals surface area contributed by atoms with Crippen LogP contribution in [0.5, 0.6) is 11.5 Å². The van der Waals surface area contributed by atoms with Gasteiger partial charge in [0.1, 0.15) is 23.2 Å². The van der Waals surface area contributed by atoms with Crippen molar-refractivity contribution in [2.75, 3.05) is 14.2 Å². The van der Waals surface area contributed by atoms with Gasteiger partial charge in [0.05, 0.1) is 19.9 Å². The Morgan fingerprint density at radius 1 is 0.902 bits per heavy atom. The molecule has 1 unspecified atom stereocenters. The predicted octanol–water partition coefficient (Wildman–Crippen LogP) is 5.10. The van der Waals surface area contributed by atoms with Crippen LogP contribution in [0.25, 0.3) is 16.9 Å². The lowest BCUT2D eigenvalue weighted by Crippen LogP contribution is -2.46. The van der Waals surface area contributed by atoms with Crippen LogP contribution in [0.3, 0.4) is 0 Å². The number of aromatic nitrogens is 3. The van der Waals surface area contributed by atoms with Crippen LogP contribution < -0.4 is 14.8 Å². The number of carbonyl (C=O) groups is 2. The number of rotatable bonds is 7. The van der Waals surface area contributed by atoms with Gasteiger partial charge in [-0.15, -0.1) is 5.10 Å². The summed E-state index contributed by atoms with van der Waals surface area (Å²) in [5.41, 5.74) is 3.72. The van der Waals surface area contributed by atoms with E-state index in [1.165, 1.54) is 6.42 Å². The molecule has 1 aliphatic heterocycles. The van der Waals surface area contributed by atoms with E-state index in [4.69, 9.17) is 9.47 Å². The van der Waals surface area contributed by atoms with Crippen molar-refractivity contribution in [2.24, 2.45) is 0 Å². The van der Waals surface area contributed by atoms with Gasteiger partial charge >= 0.3 is 0 Å². The van der Waals surface area contributed by atoms with E-state index in [9.17, 15) is 9.59 Å². The van der Waals surface area contributed by atoms with Crippen LogP contribution in [0.2, 0.25) is 0 Å². The Hall–Kier alpha value is -4.66. The summed E-state index contributed by atoms with van der Waals surface area (Å²) in [5, 5.41) is 12.2. The molecule has 6 rings (SSSR count). The van der Waals surface area contributed by atoms with E-state index in [0.717, 1.165) is 42.6 Å². The van der Waals surface area contributed by atoms with Crippen LogP contribution in [0.4, 0.5) is 0 Å². The highest BCUT2D eigenvalue weighted by molar-refractivity contribution is 6.02. The topological polar surface area (TPSA) is 98.6 Å². The molecular formula is C32H33N5O4. The first-order chi connectivity index (χ1) is 20.1. The van der Waals surface area contributed by atoms with Crippen LogP contribution in [0.1, 0.15) is 59.8 Å². The molecule has 0 bridgehead atoms. The molecule has 1 atom stereocenters. The lowest BCUT2D eigenvalue weighted by atomic mass is 9.94. The summed E-state index contributed by atoms with van der Waals surface area (Å²) in [6, 6.07) is 21.7. The minimum absolute atomic E-state index is 0.0955. The standard InChI is InChI=1S/C32H33N5O4/c1-40-24-16-12-21(13-17-24)20-36-29(31(38)33-23-8-4-3-5-9-23)26-10-6-7-11-27(26)37-30(32(36)39)28(34-35-37)22-14-18-25(41-2)19-15-22/h6-7,10-19,23,29H,3-5,8-9,20H2,1-2H3,(H,33,38). The minimum atomic E-state index is -0.854. The maximum absolute atomic E-state index is 14.6. The van der Waals surface area contributed by atoms with Crippen molar-refractivity contribution < 1.29 is 19.1 Å². The molecule has 1 fully saturated rings. The number of fused-ring (bicyclic) bond motifs is 3. The number of nitrogens with one attached hydrogen (secondary N) is 1. The number of carbonyl (C=O) groups excluding carboxylic acids is 2. The smallest absolute Gasteiger partial charge is 0.276 e. The molecule has 3 aromatic carbocycles. The quantitative estimate of drug-likeness (QED) is 0.343. The Morgan fingerprint density at radius 3 is 2.24 bits per heavy atom. The number of nitrogens with zero attached hydrogens (tertiary/aromatic N) is 4. The van der Waals surface area contributed by atoms with Crippen molar-refractivity contribution in [3.05, 3.63) is 89.6 Å². The summed E-state index contributed by atoms with van der Waals surface area (Å²) in [5.74, 6) is 0.911. The first-order valence-corrected chi connectivity index (χ1v) is 14.0. The molecule has 2 aliphatic rings. The average molecular weight is 552 g/mol. The van der Waals surface area contributed by atoms with Crippen molar-refractivity contribution in [3.63, 3.8) is 0 Å². The summed E-state index contributed by atoms with van der Waals surface area (Å²) >= 11 is 0. The Balaban J connectivity index is 1.48. The highest BCUT2D eigenvalue weighted by Crippen LogP contribution is 2.37. The normalized spacial score (nSPS) is 16.9. The van der Waals surface area contributed by atoms with Crippen LogP contribution >= 0.6 is 0 Å². The molecule has 1 N–H and O–H groups in total. The molecule has 1 aliphatic carbocycles. The number of methoxy groups -OCH3 is 2. The second kappa shape index (κ2) is 11.4. The van der Waals surface area contributed by atoms with Gasteiger partial charge in [-0.05, 0) is 60.9 Å². The fourth-order valence-electron chi connectivity index (χ4n) is 5.82. The fraction of sp³-hybridized carbons (Fsp3) is 0.312. The van der Waals surface area contributed by atoms with E-state index >= 15 is 0 Å². The highest BCUT2D eigenvalue weighted by Gasteiger charge is 2.41. The Labute approximate surface area is 239 Å². The zero-order valence-corrected chi connectivity index (χ0v) is 23.2. The zero-order valence-electron chi connectivity index (χ0n) is 23.2. The number of benzene rings is 3. The summed E-state index contributed by atoms with van der Waals surface area (Å²) in [6.07, 6.45) is 5.25. The number of amides is 2. The van der Waals surface area contributed by atoms with Crippen molar-refractivity contribution in [1.82, 2.24) is 25.2 Å². The van der Waals surface area contributed by atoms with Gasteiger partial charge in [0.25, 0.3) is 5.91 Å². The monoisotopic (exact) mass is 551 g/mol. The van der Waals surface area contributed by atoms with Crippen LogP contribution in [-0.4, -0.2) is 52.0 Å². The van der Waals surface area contributed by atoms with E-state index in [2.05, 4.69) is 15.6 Å². The Morgan fingerprint density at radius 2 is 1.56 bits per heavy atom. The number of hydrogen-bond acceptors (Lipinski definition) is 6. The Bertz CT molecular complexity index is 1540. The number of hydrogen-bond donors (Lipinski definition) is 1. The third kappa shape index (κ3) is 5.15. The molecule has 0 radical (unpaired) electrons. The molecular weight excluding hydrogens is 518 g/mol. The second-order valence-electron chi connectivity index (χ2n) is 10.5. The van der Waals surface area contributed by atoms with E-state index < -0.39 is 6.04 Å². The van der Waals surface area contributed by atoms with Gasteiger partial charge in [-0.3, -0.25) is 9.59 Å². The van der Waals surface area contributed by atoms with Gasteiger partial charge in [0.15, 0.2) is 5.69 Å². The lowest BCUT2D eigenvalue weighted by molar-refractivity contribution is -0.127. The molecule has 9 heteroatoms. The fourth-order valence-corrected chi connectivity index (χ4v) is 5.82. The molecule has 1 aromatic heterocycles. The maximum atomic E-state index is 14.6. The van der Waals surface area contributed by atoms with E-state index in [-0.39, 0.29) is 24.4 Å². The third-order valence-corrected chi connectivity index (χ3v) is 7.98. The van der Waals surface area contributed by atoms with Gasteiger partial charge in [0.2, 0.25) is 5.91 Å². The largest absolute Gasteiger partial charge is 0.497 e. The molecule has 0 spiro atoms. The molecule has 0 saturated heterocycles. The lowest BCUT2D eigenvalue weighted by Gasteiger charge is -2.32. The molecule has 41 heavy (non-hydrogen) atoms. The summed E-state index contributed by atoms with van der Waals surface area (Å²) in [7, 11) is 3.22. The molecule has 9 nitrogen and oxygen atoms in total. The second-order valence-corrected chi connectivity index (χ2v) is 10.5. The predicted molar refractivity (Wildman–Crippen MR) is 154 cm³/mol. The van der Waals surface area contributed by atoms with Crippen LogP contribution in [-0.2, 0) is 11.3 Å². The van der Waals surface area contributed by atoms with Crippen LogP contribution in [0.15, 0.2) is 72.8 Å². The molecule has 2 heterocycles. The Kier molecular flexibility index (Phi) is 7.41. The van der Waals surface area contributed by atoms with E-state index in [1.807, 2.05) is 72.8 Å². The van der Waals surface area contributed by atoms with Gasteiger partial charge in [0, 0.05) is 23.7 Å². The van der Waals surface area contributed by atoms with Gasteiger partial charge in [-0.2, -0.15) is 0 Å². The third-order valence-electron chi connectivity index (χ3n) is 7.98. The van der Waals surface area contributed by atoms with Gasteiger partial charge in [-0.25, -0.2) is 4.68 Å². The number of ether oxygens (including phenoxy) is 2. The minimum Gasteiger partial charge on any atom is -0.497 e. The van der Waals surface area contributed by atoms with Crippen molar-refractivity contribution >= 4 is 11.8 Å². The molecule has 210 valence electrons. The maximum Gasteiger partial charge on any atom is 0.276 e. The SMILES string of the molecule is COc1ccc(CN2C(=O)c3c(-c4ccc(OC)cc4)nnn3-c3ccccc3C2C(=O)NC2CCCCC2)cc1. The van der Waals surface area contributed by atoms with E-state index in [1.54, 1.807) is 23.8 Å². The average Bonchev–Trinajstić information content (AvgIpc) is 3.43.